The van der Waals surface area contributed by atoms with E-state index >= 15 is 0 Å². The number of likely N-dealkylation sites (tertiary alicyclic amines) is 1. The van der Waals surface area contributed by atoms with E-state index in [2.05, 4.69) is 25.7 Å². The number of amides is 2. The Labute approximate surface area is 121 Å². The third kappa shape index (κ3) is 3.51. The molecule has 2 aliphatic rings. The lowest BCUT2D eigenvalue weighted by Gasteiger charge is -2.35. The second-order valence-corrected chi connectivity index (χ2v) is 6.35. The summed E-state index contributed by atoms with van der Waals surface area (Å²) in [6.07, 6.45) is 0.402. The van der Waals surface area contributed by atoms with Crippen LogP contribution in [0.1, 0.15) is 27.2 Å². The maximum atomic E-state index is 12.5. The van der Waals surface area contributed by atoms with Gasteiger partial charge in [-0.05, 0) is 12.5 Å². The molecule has 0 aromatic carbocycles. The lowest BCUT2D eigenvalue weighted by atomic mass is 10.1. The molecule has 20 heavy (non-hydrogen) atoms. The van der Waals surface area contributed by atoms with Gasteiger partial charge in [0.15, 0.2) is 0 Å². The third-order valence-corrected chi connectivity index (χ3v) is 4.28. The second kappa shape index (κ2) is 6.57. The van der Waals surface area contributed by atoms with Crippen molar-refractivity contribution in [1.82, 2.24) is 14.7 Å². The first-order valence-electron chi connectivity index (χ1n) is 7.80. The van der Waals surface area contributed by atoms with E-state index in [0.717, 1.165) is 39.3 Å². The number of carbonyl (C=O) groups excluding carboxylic acids is 2. The maximum Gasteiger partial charge on any atom is 0.228 e. The molecule has 5 nitrogen and oxygen atoms in total. The van der Waals surface area contributed by atoms with Crippen molar-refractivity contribution in [3.8, 4) is 0 Å². The van der Waals surface area contributed by atoms with E-state index in [9.17, 15) is 9.59 Å². The van der Waals surface area contributed by atoms with Crippen molar-refractivity contribution in [3.05, 3.63) is 0 Å². The van der Waals surface area contributed by atoms with Gasteiger partial charge in [-0.2, -0.15) is 0 Å². The normalized spacial score (nSPS) is 24.8. The highest BCUT2D eigenvalue weighted by Crippen LogP contribution is 2.21. The summed E-state index contributed by atoms with van der Waals surface area (Å²) in [7, 11) is 0. The monoisotopic (exact) mass is 281 g/mol. The summed E-state index contributed by atoms with van der Waals surface area (Å²) in [6.45, 7) is 12.3. The van der Waals surface area contributed by atoms with Crippen molar-refractivity contribution in [1.29, 1.82) is 0 Å². The van der Waals surface area contributed by atoms with Crippen molar-refractivity contribution in [2.75, 3.05) is 45.8 Å². The van der Waals surface area contributed by atoms with Crippen LogP contribution in [0.15, 0.2) is 0 Å². The van der Waals surface area contributed by atoms with Gasteiger partial charge in [-0.1, -0.05) is 20.8 Å². The fourth-order valence-corrected chi connectivity index (χ4v) is 3.10. The van der Waals surface area contributed by atoms with E-state index in [-0.39, 0.29) is 17.7 Å². The topological polar surface area (TPSA) is 43.9 Å². The minimum atomic E-state index is -0.116. The minimum Gasteiger partial charge on any atom is -0.342 e. The molecule has 0 aromatic heterocycles. The molecule has 1 atom stereocenters. The summed E-state index contributed by atoms with van der Waals surface area (Å²) in [5.41, 5.74) is 0. The van der Waals surface area contributed by atoms with Crippen LogP contribution in [0, 0.1) is 11.8 Å². The molecule has 114 valence electrons. The Morgan fingerprint density at radius 1 is 1.25 bits per heavy atom. The Morgan fingerprint density at radius 2 is 1.90 bits per heavy atom. The average molecular weight is 281 g/mol. The largest absolute Gasteiger partial charge is 0.342 e. The predicted octanol–water partition coefficient (Wildman–Crippen LogP) is 0.655. The van der Waals surface area contributed by atoms with Gasteiger partial charge in [0.2, 0.25) is 11.8 Å². The minimum absolute atomic E-state index is 0.116. The van der Waals surface area contributed by atoms with E-state index in [1.165, 1.54) is 0 Å². The quantitative estimate of drug-likeness (QED) is 0.760. The van der Waals surface area contributed by atoms with E-state index in [1.807, 2.05) is 9.80 Å². The zero-order valence-electron chi connectivity index (χ0n) is 13.0. The number of rotatable bonds is 4. The molecule has 0 radical (unpaired) electrons. The zero-order valence-corrected chi connectivity index (χ0v) is 13.0. The third-order valence-electron chi connectivity index (χ3n) is 4.28. The summed E-state index contributed by atoms with van der Waals surface area (Å²) < 4.78 is 0. The standard InChI is InChI=1S/C15H27N3O2/c1-4-16-5-7-17(8-6-16)15(20)13-9-14(19)18(11-13)10-12(2)3/h12-13H,4-11H2,1-3H3/t13-/m1/s1. The van der Waals surface area contributed by atoms with Gasteiger partial charge >= 0.3 is 0 Å². The van der Waals surface area contributed by atoms with Crippen LogP contribution in [-0.2, 0) is 9.59 Å². The Morgan fingerprint density at radius 3 is 2.45 bits per heavy atom. The summed E-state index contributed by atoms with van der Waals surface area (Å²) in [6, 6.07) is 0. The van der Waals surface area contributed by atoms with E-state index < -0.39 is 0 Å². The average Bonchev–Trinajstić information content (AvgIpc) is 2.79. The number of nitrogens with zero attached hydrogens (tertiary/aromatic N) is 3. The van der Waals surface area contributed by atoms with Crippen LogP contribution < -0.4 is 0 Å². The van der Waals surface area contributed by atoms with E-state index in [4.69, 9.17) is 0 Å². The Kier molecular flexibility index (Phi) is 5.02. The van der Waals surface area contributed by atoms with Gasteiger partial charge in [0.05, 0.1) is 5.92 Å². The van der Waals surface area contributed by atoms with Gasteiger partial charge in [0, 0.05) is 45.7 Å². The summed E-state index contributed by atoms with van der Waals surface area (Å²) in [5, 5.41) is 0. The number of hydrogen-bond acceptors (Lipinski definition) is 3. The highest BCUT2D eigenvalue weighted by Gasteiger charge is 2.37. The molecule has 0 aliphatic carbocycles. The smallest absolute Gasteiger partial charge is 0.228 e. The number of likely N-dealkylation sites (N-methyl/N-ethyl adjacent to an activating group) is 1. The first kappa shape index (κ1) is 15.3. The molecule has 2 heterocycles. The molecule has 2 rings (SSSR count). The van der Waals surface area contributed by atoms with Crippen molar-refractivity contribution < 1.29 is 9.59 Å². The fraction of sp³-hybridized carbons (Fsp3) is 0.867. The van der Waals surface area contributed by atoms with Gasteiger partial charge in [-0.3, -0.25) is 9.59 Å². The van der Waals surface area contributed by atoms with Crippen LogP contribution >= 0.6 is 0 Å². The van der Waals surface area contributed by atoms with Crippen molar-refractivity contribution >= 4 is 11.8 Å². The molecule has 0 saturated carbocycles. The SMILES string of the molecule is CCN1CCN(C(=O)[C@@H]2CC(=O)N(CC(C)C)C2)CC1. The molecule has 0 N–H and O–H groups in total. The van der Waals surface area contributed by atoms with Gasteiger partial charge in [0.1, 0.15) is 0 Å². The molecule has 0 bridgehead atoms. The van der Waals surface area contributed by atoms with Crippen LogP contribution in [0.3, 0.4) is 0 Å². The first-order chi connectivity index (χ1) is 9.51. The lowest BCUT2D eigenvalue weighted by Crippen LogP contribution is -2.50. The van der Waals surface area contributed by atoms with Crippen molar-refractivity contribution in [2.45, 2.75) is 27.2 Å². The van der Waals surface area contributed by atoms with Crippen molar-refractivity contribution in [2.24, 2.45) is 11.8 Å². The van der Waals surface area contributed by atoms with Crippen LogP contribution in [0.25, 0.3) is 0 Å². The molecule has 0 spiro atoms. The van der Waals surface area contributed by atoms with Crippen LogP contribution in [-0.4, -0.2) is 72.3 Å². The Balaban J connectivity index is 1.86. The zero-order chi connectivity index (χ0) is 14.7. The highest BCUT2D eigenvalue weighted by molar-refractivity contribution is 5.89. The molecule has 2 aliphatic heterocycles. The maximum absolute atomic E-state index is 12.5. The number of carbonyl (C=O) groups is 2. The van der Waals surface area contributed by atoms with Crippen LogP contribution in [0.2, 0.25) is 0 Å². The van der Waals surface area contributed by atoms with Crippen LogP contribution in [0.5, 0.6) is 0 Å². The Hall–Kier alpha value is -1.10. The highest BCUT2D eigenvalue weighted by atomic mass is 16.2. The molecular formula is C15H27N3O2. The molecule has 0 aromatic rings. The number of piperazine rings is 1. The first-order valence-corrected chi connectivity index (χ1v) is 7.80. The molecule has 2 saturated heterocycles. The number of hydrogen-bond donors (Lipinski definition) is 0. The summed E-state index contributed by atoms with van der Waals surface area (Å²) in [4.78, 5) is 30.6. The van der Waals surface area contributed by atoms with E-state index in [1.54, 1.807) is 0 Å². The second-order valence-electron chi connectivity index (χ2n) is 6.35. The molecule has 2 fully saturated rings. The molecule has 5 heteroatoms. The lowest BCUT2D eigenvalue weighted by molar-refractivity contribution is -0.137. The fourth-order valence-electron chi connectivity index (χ4n) is 3.10. The predicted molar refractivity (Wildman–Crippen MR) is 78.2 cm³/mol. The summed E-state index contributed by atoms with van der Waals surface area (Å²) >= 11 is 0. The Bertz CT molecular complexity index is 362. The molecule has 2 amide bonds. The van der Waals surface area contributed by atoms with Crippen molar-refractivity contribution in [3.63, 3.8) is 0 Å². The van der Waals surface area contributed by atoms with Gasteiger partial charge < -0.3 is 14.7 Å². The van der Waals surface area contributed by atoms with Gasteiger partial charge in [0.25, 0.3) is 0 Å². The molecular weight excluding hydrogens is 254 g/mol. The molecule has 0 unspecified atom stereocenters. The van der Waals surface area contributed by atoms with Crippen LogP contribution in [0.4, 0.5) is 0 Å². The van der Waals surface area contributed by atoms with E-state index in [0.29, 0.717) is 18.9 Å². The van der Waals surface area contributed by atoms with Gasteiger partial charge in [-0.25, -0.2) is 0 Å². The van der Waals surface area contributed by atoms with Gasteiger partial charge in [-0.15, -0.1) is 0 Å². The summed E-state index contributed by atoms with van der Waals surface area (Å²) in [5.74, 6) is 0.667.